The molecule has 0 amide bonds. The quantitative estimate of drug-likeness (QED) is 0.664. The molecular weight excluding hydrogens is 391 g/mol. The van der Waals surface area contributed by atoms with Crippen molar-refractivity contribution in [3.05, 3.63) is 57.3 Å². The van der Waals surface area contributed by atoms with Crippen LogP contribution in [0, 0.1) is 0 Å². The van der Waals surface area contributed by atoms with E-state index in [2.05, 4.69) is 15.0 Å². The average Bonchev–Trinajstić information content (AvgIpc) is 2.57. The lowest BCUT2D eigenvalue weighted by molar-refractivity contribution is -0.137. The lowest BCUT2D eigenvalue weighted by Crippen LogP contribution is -2.43. The molecule has 2 N–H and O–H groups in total. The van der Waals surface area contributed by atoms with E-state index in [0.717, 1.165) is 24.8 Å². The number of H-pyrrole nitrogens is 1. The maximum absolute atomic E-state index is 13.5. The number of nitrogens with one attached hydrogen (secondary N) is 2. The van der Waals surface area contributed by atoms with Crippen molar-refractivity contribution in [1.29, 1.82) is 0 Å². The van der Waals surface area contributed by atoms with Crippen molar-refractivity contribution < 1.29 is 21.6 Å². The fourth-order valence-corrected chi connectivity index (χ4v) is 2.92. The molecule has 0 aliphatic rings. The van der Waals surface area contributed by atoms with Crippen molar-refractivity contribution >= 4 is 20.9 Å². The van der Waals surface area contributed by atoms with Crippen LogP contribution in [0.2, 0.25) is 0 Å². The van der Waals surface area contributed by atoms with E-state index in [1.54, 1.807) is 4.83 Å². The number of rotatable bonds is 3. The molecule has 0 saturated carbocycles. The summed E-state index contributed by atoms with van der Waals surface area (Å²) in [5.74, 6) is 0. The number of benzene rings is 1. The van der Waals surface area contributed by atoms with Crippen molar-refractivity contribution in [1.82, 2.24) is 19.6 Å². The second-order valence-corrected chi connectivity index (χ2v) is 7.23. The van der Waals surface area contributed by atoms with Gasteiger partial charge in [0.25, 0.3) is 5.56 Å². The topological polar surface area (TPSA) is 127 Å². The Morgan fingerprint density at radius 2 is 1.78 bits per heavy atom. The van der Waals surface area contributed by atoms with E-state index < -0.39 is 44.1 Å². The second-order valence-electron chi connectivity index (χ2n) is 5.50. The molecule has 3 rings (SSSR count). The van der Waals surface area contributed by atoms with Gasteiger partial charge in [-0.15, -0.1) is 0 Å². The summed E-state index contributed by atoms with van der Waals surface area (Å²) in [4.78, 5) is 35.5. The first kappa shape index (κ1) is 18.6. The molecule has 3 aromatic rings. The Labute approximate surface area is 148 Å². The Morgan fingerprint density at radius 3 is 2.33 bits per heavy atom. The Balaban J connectivity index is 2.41. The van der Waals surface area contributed by atoms with Crippen LogP contribution in [0.1, 0.15) is 5.56 Å². The molecule has 9 nitrogen and oxygen atoms in total. The minimum absolute atomic E-state index is 0.0139. The summed E-state index contributed by atoms with van der Waals surface area (Å²) in [6.45, 7) is 0. The third-order valence-electron chi connectivity index (χ3n) is 3.47. The van der Waals surface area contributed by atoms with Crippen molar-refractivity contribution in [2.24, 2.45) is 0 Å². The van der Waals surface area contributed by atoms with Crippen LogP contribution >= 0.6 is 0 Å². The molecule has 0 fully saturated rings. The van der Waals surface area contributed by atoms with Gasteiger partial charge in [0.2, 0.25) is 10.0 Å². The zero-order valence-electron chi connectivity index (χ0n) is 13.4. The first-order chi connectivity index (χ1) is 12.5. The highest BCUT2D eigenvalue weighted by atomic mass is 32.2. The lowest BCUT2D eigenvalue weighted by atomic mass is 9.99. The molecule has 0 bridgehead atoms. The van der Waals surface area contributed by atoms with E-state index in [1.807, 2.05) is 0 Å². The van der Waals surface area contributed by atoms with E-state index >= 15 is 0 Å². The number of nitrogens with zero attached hydrogens (tertiary/aromatic N) is 3. The molecule has 2 heterocycles. The zero-order chi connectivity index (χ0) is 20.0. The Hall–Kier alpha value is -3.22. The van der Waals surface area contributed by atoms with Crippen LogP contribution in [0.5, 0.6) is 0 Å². The molecular formula is C14H10F3N5O4S. The molecule has 1 aromatic carbocycles. The third-order valence-corrected chi connectivity index (χ3v) is 3.98. The Bertz CT molecular complexity index is 1250. The van der Waals surface area contributed by atoms with Gasteiger partial charge in [-0.05, 0) is 17.7 Å². The van der Waals surface area contributed by atoms with Crippen LogP contribution in [0.3, 0.4) is 0 Å². The summed E-state index contributed by atoms with van der Waals surface area (Å²) < 4.78 is 63.2. The molecule has 0 aliphatic carbocycles. The minimum Gasteiger partial charge on any atom is -0.305 e. The highest BCUT2D eigenvalue weighted by Gasteiger charge is 2.34. The van der Waals surface area contributed by atoms with Gasteiger partial charge in [-0.3, -0.25) is 4.79 Å². The monoisotopic (exact) mass is 401 g/mol. The van der Waals surface area contributed by atoms with Gasteiger partial charge < -0.3 is 4.98 Å². The van der Waals surface area contributed by atoms with Gasteiger partial charge >= 0.3 is 11.9 Å². The van der Waals surface area contributed by atoms with Crippen LogP contribution in [0.4, 0.5) is 13.2 Å². The SMILES string of the molecule is CS(=O)(=O)Nn1c(=O)[nH]c2cc(C(F)(F)F)c(-c3cncnc3)cc2c1=O. The standard InChI is InChI=1S/C14H10F3N5O4S/c1-27(25,26)21-22-12(23)9-2-8(7-4-18-6-19-5-7)10(14(15,16)17)3-11(9)20-13(22)24/h2-6,21H,1H3,(H,20,24). The number of sulfonamides is 1. The second kappa shape index (κ2) is 6.19. The number of aromatic amines is 1. The largest absolute Gasteiger partial charge is 0.417 e. The van der Waals surface area contributed by atoms with Gasteiger partial charge in [0, 0.05) is 18.0 Å². The summed E-state index contributed by atoms with van der Waals surface area (Å²) in [5.41, 5.74) is -4.29. The lowest BCUT2D eigenvalue weighted by Gasteiger charge is -2.14. The highest BCUT2D eigenvalue weighted by Crippen LogP contribution is 2.38. The fourth-order valence-electron chi connectivity index (χ4n) is 2.42. The average molecular weight is 401 g/mol. The summed E-state index contributed by atoms with van der Waals surface area (Å²) in [5, 5.41) is -0.336. The van der Waals surface area contributed by atoms with E-state index in [-0.39, 0.29) is 15.6 Å². The maximum Gasteiger partial charge on any atom is 0.417 e. The normalized spacial score (nSPS) is 12.3. The van der Waals surface area contributed by atoms with Crippen molar-refractivity contribution in [2.45, 2.75) is 6.18 Å². The number of hydrogen-bond donors (Lipinski definition) is 2. The van der Waals surface area contributed by atoms with Crippen LogP contribution in [0.25, 0.3) is 22.0 Å². The molecule has 142 valence electrons. The third kappa shape index (κ3) is 3.67. The summed E-state index contributed by atoms with van der Waals surface area (Å²) in [6.07, 6.45) is -0.707. The minimum atomic E-state index is -4.80. The predicted molar refractivity (Wildman–Crippen MR) is 89.1 cm³/mol. The molecule has 0 radical (unpaired) electrons. The van der Waals surface area contributed by atoms with E-state index in [1.165, 1.54) is 0 Å². The van der Waals surface area contributed by atoms with Gasteiger partial charge in [0.05, 0.1) is 22.7 Å². The van der Waals surface area contributed by atoms with Crippen LogP contribution in [0.15, 0.2) is 40.4 Å². The van der Waals surface area contributed by atoms with Crippen molar-refractivity contribution in [3.8, 4) is 11.1 Å². The zero-order valence-corrected chi connectivity index (χ0v) is 14.2. The van der Waals surface area contributed by atoms with Crippen LogP contribution in [-0.2, 0) is 16.2 Å². The summed E-state index contributed by atoms with van der Waals surface area (Å²) in [6, 6.07) is 1.50. The first-order valence-electron chi connectivity index (χ1n) is 7.11. The van der Waals surface area contributed by atoms with Gasteiger partial charge in [0.15, 0.2) is 0 Å². The van der Waals surface area contributed by atoms with Crippen LogP contribution in [-0.4, -0.2) is 34.3 Å². The molecule has 2 aromatic heterocycles. The first-order valence-corrected chi connectivity index (χ1v) is 9.00. The van der Waals surface area contributed by atoms with Gasteiger partial charge in [-0.25, -0.2) is 28.0 Å². The smallest absolute Gasteiger partial charge is 0.305 e. The Morgan fingerprint density at radius 1 is 1.15 bits per heavy atom. The van der Waals surface area contributed by atoms with E-state index in [9.17, 15) is 31.2 Å². The molecule has 27 heavy (non-hydrogen) atoms. The summed E-state index contributed by atoms with van der Waals surface area (Å²) in [7, 11) is -3.99. The number of halogens is 3. The molecule has 0 spiro atoms. The van der Waals surface area contributed by atoms with E-state index in [0.29, 0.717) is 12.3 Å². The highest BCUT2D eigenvalue weighted by molar-refractivity contribution is 7.91. The number of fused-ring (bicyclic) bond motifs is 1. The summed E-state index contributed by atoms with van der Waals surface area (Å²) >= 11 is 0. The molecule has 0 unspecified atom stereocenters. The molecule has 0 aliphatic heterocycles. The predicted octanol–water partition coefficient (Wildman–Crippen LogP) is 0.669. The van der Waals surface area contributed by atoms with Gasteiger partial charge in [-0.2, -0.15) is 17.8 Å². The number of hydrogen-bond acceptors (Lipinski definition) is 6. The van der Waals surface area contributed by atoms with Crippen LogP contribution < -0.4 is 16.1 Å². The maximum atomic E-state index is 13.5. The number of alkyl halides is 3. The van der Waals surface area contributed by atoms with Gasteiger partial charge in [-0.1, -0.05) is 0 Å². The molecule has 0 atom stereocenters. The fraction of sp³-hybridized carbons (Fsp3) is 0.143. The number of aromatic nitrogens is 4. The van der Waals surface area contributed by atoms with Gasteiger partial charge in [0.1, 0.15) is 6.33 Å². The van der Waals surface area contributed by atoms with Crippen molar-refractivity contribution in [3.63, 3.8) is 0 Å². The van der Waals surface area contributed by atoms with E-state index in [4.69, 9.17) is 0 Å². The molecule has 0 saturated heterocycles. The molecule has 13 heteroatoms. The van der Waals surface area contributed by atoms with Crippen molar-refractivity contribution in [2.75, 3.05) is 11.1 Å². The Kier molecular flexibility index (Phi) is 4.26.